The number of allylic oxidation sites excluding steroid dienone is 1. The highest BCUT2D eigenvalue weighted by Crippen LogP contribution is 2.33. The quantitative estimate of drug-likeness (QED) is 0.455. The molecule has 1 unspecified atom stereocenters. The van der Waals surface area contributed by atoms with Gasteiger partial charge in [-0.25, -0.2) is 13.4 Å². The molecule has 0 radical (unpaired) electrons. The summed E-state index contributed by atoms with van der Waals surface area (Å²) in [6.45, 7) is 0. The predicted molar refractivity (Wildman–Crippen MR) is 129 cm³/mol. The van der Waals surface area contributed by atoms with Gasteiger partial charge in [-0.3, -0.25) is 14.5 Å². The van der Waals surface area contributed by atoms with E-state index >= 15 is 0 Å². The Bertz CT molecular complexity index is 1360. The fourth-order valence-corrected chi connectivity index (χ4v) is 5.09. The molecule has 1 fully saturated rings. The monoisotopic (exact) mass is 516 g/mol. The maximum absolute atomic E-state index is 12.7. The van der Waals surface area contributed by atoms with Gasteiger partial charge in [-0.2, -0.15) is 13.2 Å². The Kier molecular flexibility index (Phi) is 7.39. The van der Waals surface area contributed by atoms with Gasteiger partial charge in [-0.15, -0.1) is 0 Å². The number of alkyl halides is 3. The highest BCUT2D eigenvalue weighted by molar-refractivity contribution is 7.89. The number of hydrogen-bond donors (Lipinski definition) is 2. The van der Waals surface area contributed by atoms with Gasteiger partial charge in [0.25, 0.3) is 0 Å². The number of hydrogen-bond acceptors (Lipinski definition) is 6. The number of halogens is 3. The van der Waals surface area contributed by atoms with Crippen LogP contribution in [0.25, 0.3) is 6.08 Å². The Morgan fingerprint density at radius 1 is 1.11 bits per heavy atom. The topological polar surface area (TPSA) is 101 Å². The molecule has 0 saturated heterocycles. The fraction of sp³-hybridized carbons (Fsp3) is 0.240. The third-order valence-corrected chi connectivity index (χ3v) is 6.88. The van der Waals surface area contributed by atoms with Crippen molar-refractivity contribution >= 4 is 33.5 Å². The van der Waals surface area contributed by atoms with Crippen LogP contribution in [-0.2, 0) is 26.7 Å². The molecule has 188 valence electrons. The molecule has 1 aliphatic rings. The van der Waals surface area contributed by atoms with Crippen molar-refractivity contribution in [3.63, 3.8) is 0 Å². The number of benzene rings is 1. The molecule has 36 heavy (non-hydrogen) atoms. The molecule has 0 spiro atoms. The second-order valence-electron chi connectivity index (χ2n) is 8.51. The van der Waals surface area contributed by atoms with Crippen molar-refractivity contribution in [3.8, 4) is 0 Å². The Morgan fingerprint density at radius 3 is 2.64 bits per heavy atom. The van der Waals surface area contributed by atoms with Crippen LogP contribution < -0.4 is 10.0 Å². The smallest absolute Gasteiger partial charge is 0.340 e. The largest absolute Gasteiger partial charge is 0.417 e. The maximum Gasteiger partial charge on any atom is 0.417 e. The summed E-state index contributed by atoms with van der Waals surface area (Å²) < 4.78 is 65.0. The normalized spacial score (nSPS) is 17.2. The van der Waals surface area contributed by atoms with Crippen LogP contribution in [0.3, 0.4) is 0 Å². The second kappa shape index (κ2) is 10.5. The first-order valence-corrected chi connectivity index (χ1v) is 12.8. The van der Waals surface area contributed by atoms with Crippen molar-refractivity contribution in [2.75, 3.05) is 5.32 Å². The van der Waals surface area contributed by atoms with E-state index in [-0.39, 0.29) is 11.6 Å². The molecule has 1 aliphatic carbocycles. The van der Waals surface area contributed by atoms with Gasteiger partial charge < -0.3 is 5.32 Å². The van der Waals surface area contributed by atoms with Gasteiger partial charge in [-0.05, 0) is 60.7 Å². The Labute approximate surface area is 206 Å². The van der Waals surface area contributed by atoms with Crippen LogP contribution in [0.2, 0.25) is 0 Å². The number of rotatable bonds is 7. The maximum atomic E-state index is 12.7. The van der Waals surface area contributed by atoms with Gasteiger partial charge >= 0.3 is 6.18 Å². The number of nitrogens with zero attached hydrogens (tertiary/aromatic N) is 2. The summed E-state index contributed by atoms with van der Waals surface area (Å²) >= 11 is 0. The summed E-state index contributed by atoms with van der Waals surface area (Å²) in [6.07, 6.45) is 2.86. The zero-order valence-electron chi connectivity index (χ0n) is 19.0. The number of aromatic nitrogens is 2. The molecule has 2 aromatic heterocycles. The summed E-state index contributed by atoms with van der Waals surface area (Å²) in [5, 5.41) is 2.98. The van der Waals surface area contributed by atoms with Crippen LogP contribution in [0.1, 0.15) is 36.0 Å². The van der Waals surface area contributed by atoms with E-state index in [2.05, 4.69) is 20.0 Å². The van der Waals surface area contributed by atoms with Gasteiger partial charge in [-0.1, -0.05) is 29.8 Å². The number of anilines is 2. The van der Waals surface area contributed by atoms with E-state index in [9.17, 15) is 26.4 Å². The van der Waals surface area contributed by atoms with E-state index in [1.54, 1.807) is 30.5 Å². The molecule has 0 aliphatic heterocycles. The summed E-state index contributed by atoms with van der Waals surface area (Å²) in [4.78, 5) is 20.3. The molecule has 2 N–H and O–H groups in total. The molecular formula is C25H23F3N4O3S. The minimum atomic E-state index is -4.45. The van der Waals surface area contributed by atoms with Crippen LogP contribution in [-0.4, -0.2) is 24.3 Å². The molecule has 1 aromatic carbocycles. The van der Waals surface area contributed by atoms with E-state index in [0.29, 0.717) is 30.5 Å². The Morgan fingerprint density at radius 2 is 1.94 bits per heavy atom. The first-order valence-electron chi connectivity index (χ1n) is 11.1. The lowest BCUT2D eigenvalue weighted by molar-refractivity contribution is -0.137. The molecule has 7 nitrogen and oxygen atoms in total. The van der Waals surface area contributed by atoms with Crippen LogP contribution >= 0.6 is 0 Å². The molecule has 3 aromatic rings. The van der Waals surface area contributed by atoms with Crippen molar-refractivity contribution in [2.24, 2.45) is 5.92 Å². The molecule has 4 rings (SSSR count). The summed E-state index contributed by atoms with van der Waals surface area (Å²) in [7, 11) is -3.83. The number of amides is 1. The van der Waals surface area contributed by atoms with Gasteiger partial charge in [0.2, 0.25) is 15.9 Å². The zero-order valence-corrected chi connectivity index (χ0v) is 19.8. The number of pyridine rings is 2. The van der Waals surface area contributed by atoms with Gasteiger partial charge in [0.15, 0.2) is 0 Å². The van der Waals surface area contributed by atoms with Gasteiger partial charge in [0.05, 0.1) is 11.3 Å². The van der Waals surface area contributed by atoms with E-state index in [0.717, 1.165) is 23.4 Å². The van der Waals surface area contributed by atoms with Crippen LogP contribution in [0.4, 0.5) is 24.7 Å². The van der Waals surface area contributed by atoms with E-state index in [1.807, 2.05) is 18.2 Å². The lowest BCUT2D eigenvalue weighted by Gasteiger charge is -2.11. The van der Waals surface area contributed by atoms with Crippen molar-refractivity contribution in [3.05, 3.63) is 89.4 Å². The first-order chi connectivity index (χ1) is 17.1. The third-order valence-electron chi connectivity index (χ3n) is 5.65. The lowest BCUT2D eigenvalue weighted by atomic mass is 10.1. The first kappa shape index (κ1) is 25.4. The lowest BCUT2D eigenvalue weighted by Crippen LogP contribution is -2.35. The third kappa shape index (κ3) is 6.91. The standard InChI is InChI=1S/C25H23F3N4O3S/c26-25(27,28)21-8-9-23(30-15-21)31-22-5-1-3-17(13-22)11-18-6-7-20(12-18)24(33)32-36(34,35)16-19-4-2-10-29-14-19/h1-5,8-11,13-15,20H,6-7,12,16H2,(H,30,31)(H,32,33)/b18-11+. The average molecular weight is 517 g/mol. The Balaban J connectivity index is 1.36. The molecular weight excluding hydrogens is 493 g/mol. The van der Waals surface area contributed by atoms with Crippen molar-refractivity contribution < 1.29 is 26.4 Å². The van der Waals surface area contributed by atoms with Gasteiger partial charge in [0, 0.05) is 30.2 Å². The number of carbonyl (C=O) groups excluding carboxylic acids is 1. The SMILES string of the molecule is O=C(NS(=O)(=O)Cc1cccnc1)C1CC/C(=C\c2cccc(Nc3ccc(C(F)(F)F)cn3)c2)C1. The fourth-order valence-electron chi connectivity index (χ4n) is 3.94. The highest BCUT2D eigenvalue weighted by atomic mass is 32.2. The molecule has 0 bridgehead atoms. The molecule has 1 amide bonds. The van der Waals surface area contributed by atoms with Gasteiger partial charge in [0.1, 0.15) is 5.82 Å². The van der Waals surface area contributed by atoms with Crippen LogP contribution in [0.15, 0.2) is 72.7 Å². The molecule has 11 heteroatoms. The number of nitrogens with one attached hydrogen (secondary N) is 2. The van der Waals surface area contributed by atoms with E-state index < -0.39 is 33.6 Å². The minimum absolute atomic E-state index is 0.276. The summed E-state index contributed by atoms with van der Waals surface area (Å²) in [5.74, 6) is -1.02. The van der Waals surface area contributed by atoms with Crippen molar-refractivity contribution in [1.29, 1.82) is 0 Å². The minimum Gasteiger partial charge on any atom is -0.340 e. The van der Waals surface area contributed by atoms with Crippen molar-refractivity contribution in [1.82, 2.24) is 14.7 Å². The van der Waals surface area contributed by atoms with Crippen LogP contribution in [0, 0.1) is 5.92 Å². The second-order valence-corrected chi connectivity index (χ2v) is 10.2. The summed E-state index contributed by atoms with van der Waals surface area (Å²) in [6, 6.07) is 12.7. The van der Waals surface area contributed by atoms with Crippen LogP contribution in [0.5, 0.6) is 0 Å². The Hall–Kier alpha value is -3.73. The highest BCUT2D eigenvalue weighted by Gasteiger charge is 2.31. The predicted octanol–water partition coefficient (Wildman–Crippen LogP) is 5.07. The number of sulfonamides is 1. The summed E-state index contributed by atoms with van der Waals surface area (Å²) in [5.41, 5.74) is 2.16. The average Bonchev–Trinajstić information content (AvgIpc) is 3.28. The van der Waals surface area contributed by atoms with E-state index in [1.165, 1.54) is 12.3 Å². The van der Waals surface area contributed by atoms with E-state index in [4.69, 9.17) is 0 Å². The molecule has 2 heterocycles. The molecule has 1 atom stereocenters. The van der Waals surface area contributed by atoms with Crippen molar-refractivity contribution in [2.45, 2.75) is 31.2 Å². The zero-order chi connectivity index (χ0) is 25.8. The molecule has 1 saturated carbocycles. The number of carbonyl (C=O) groups is 1.